The zero-order valence-corrected chi connectivity index (χ0v) is 13.0. The number of carboxylic acids is 1. The lowest BCUT2D eigenvalue weighted by Crippen LogP contribution is -2.56. The summed E-state index contributed by atoms with van der Waals surface area (Å²) in [6.45, 7) is 5.99. The van der Waals surface area contributed by atoms with Crippen molar-refractivity contribution in [2.45, 2.75) is 52.0 Å². The number of carboxylic acid groups (broad SMARTS) is 1. The van der Waals surface area contributed by atoms with Crippen LogP contribution in [0, 0.1) is 19.8 Å². The average molecular weight is 295 g/mol. The van der Waals surface area contributed by atoms with Crippen molar-refractivity contribution in [2.24, 2.45) is 5.92 Å². The van der Waals surface area contributed by atoms with Crippen LogP contribution in [0.5, 0.6) is 0 Å². The molecule has 1 amide bonds. The third-order valence-corrected chi connectivity index (χ3v) is 5.43. The lowest BCUT2D eigenvalue weighted by Gasteiger charge is -2.36. The van der Waals surface area contributed by atoms with Gasteiger partial charge >= 0.3 is 5.97 Å². The minimum absolute atomic E-state index is 0.260. The molecule has 20 heavy (non-hydrogen) atoms. The standard InChI is InChI=1S/C15H21NO3S/c1-9-4-6-15(7-5-9,14(18)19)16-13(17)12-8-20-11(3)10(12)2/h8-9H,4-7H2,1-3H3,(H,16,17)(H,18,19). The van der Waals surface area contributed by atoms with E-state index in [1.165, 1.54) is 11.3 Å². The maximum Gasteiger partial charge on any atom is 0.329 e. The SMILES string of the molecule is Cc1scc(C(=O)NC2(C(=O)O)CCC(C)CC2)c1C. The summed E-state index contributed by atoms with van der Waals surface area (Å²) in [7, 11) is 0. The van der Waals surface area contributed by atoms with E-state index in [1.807, 2.05) is 13.8 Å². The van der Waals surface area contributed by atoms with Crippen LogP contribution >= 0.6 is 11.3 Å². The van der Waals surface area contributed by atoms with Crippen LogP contribution in [0.4, 0.5) is 0 Å². The van der Waals surface area contributed by atoms with Crippen LogP contribution in [0.1, 0.15) is 53.4 Å². The number of aryl methyl sites for hydroxylation is 1. The first-order valence-electron chi connectivity index (χ1n) is 6.96. The number of hydrogen-bond donors (Lipinski definition) is 2. The van der Waals surface area contributed by atoms with Gasteiger partial charge in [-0.1, -0.05) is 6.92 Å². The number of carbonyl (C=O) groups is 2. The molecule has 0 spiro atoms. The highest BCUT2D eigenvalue weighted by molar-refractivity contribution is 7.10. The van der Waals surface area contributed by atoms with Gasteiger partial charge in [-0.05, 0) is 51.0 Å². The molecule has 1 aliphatic rings. The highest BCUT2D eigenvalue weighted by atomic mass is 32.1. The molecule has 0 atom stereocenters. The Morgan fingerprint density at radius 2 is 1.95 bits per heavy atom. The maximum absolute atomic E-state index is 12.4. The number of thiophene rings is 1. The molecule has 110 valence electrons. The van der Waals surface area contributed by atoms with Crippen molar-refractivity contribution in [3.05, 3.63) is 21.4 Å². The van der Waals surface area contributed by atoms with Gasteiger partial charge in [0.05, 0.1) is 5.56 Å². The summed E-state index contributed by atoms with van der Waals surface area (Å²) in [6.07, 6.45) is 2.71. The van der Waals surface area contributed by atoms with Crippen molar-refractivity contribution in [3.8, 4) is 0 Å². The number of amides is 1. The quantitative estimate of drug-likeness (QED) is 0.900. The predicted molar refractivity (Wildman–Crippen MR) is 79.3 cm³/mol. The minimum Gasteiger partial charge on any atom is -0.480 e. The van der Waals surface area contributed by atoms with Gasteiger partial charge in [0.15, 0.2) is 0 Å². The predicted octanol–water partition coefficient (Wildman–Crippen LogP) is 3.13. The van der Waals surface area contributed by atoms with Crippen LogP contribution in [0.2, 0.25) is 0 Å². The fraction of sp³-hybridized carbons (Fsp3) is 0.600. The molecule has 1 aromatic rings. The van der Waals surface area contributed by atoms with Crippen molar-refractivity contribution in [2.75, 3.05) is 0 Å². The Morgan fingerprint density at radius 3 is 2.40 bits per heavy atom. The topological polar surface area (TPSA) is 66.4 Å². The summed E-state index contributed by atoms with van der Waals surface area (Å²) in [5.74, 6) is -0.643. The highest BCUT2D eigenvalue weighted by Crippen LogP contribution is 2.33. The lowest BCUT2D eigenvalue weighted by atomic mass is 9.77. The maximum atomic E-state index is 12.4. The Kier molecular flexibility index (Phi) is 4.18. The number of nitrogens with one attached hydrogen (secondary N) is 1. The van der Waals surface area contributed by atoms with Crippen molar-refractivity contribution >= 4 is 23.2 Å². The molecule has 0 aromatic carbocycles. The molecule has 2 N–H and O–H groups in total. The summed E-state index contributed by atoms with van der Waals surface area (Å²) in [6, 6.07) is 0. The molecular formula is C15H21NO3S. The summed E-state index contributed by atoms with van der Waals surface area (Å²) >= 11 is 1.52. The molecule has 5 heteroatoms. The lowest BCUT2D eigenvalue weighted by molar-refractivity contribution is -0.146. The van der Waals surface area contributed by atoms with E-state index in [1.54, 1.807) is 5.38 Å². The van der Waals surface area contributed by atoms with Gasteiger partial charge in [-0.3, -0.25) is 4.79 Å². The molecular weight excluding hydrogens is 274 g/mol. The second-order valence-corrected chi connectivity index (χ2v) is 6.94. The van der Waals surface area contributed by atoms with Gasteiger partial charge in [0.25, 0.3) is 5.91 Å². The zero-order valence-electron chi connectivity index (χ0n) is 12.2. The van der Waals surface area contributed by atoms with Gasteiger partial charge in [0, 0.05) is 10.3 Å². The second-order valence-electron chi connectivity index (χ2n) is 5.85. The number of aliphatic carboxylic acids is 1. The normalized spacial score (nSPS) is 26.2. The molecule has 4 nitrogen and oxygen atoms in total. The summed E-state index contributed by atoms with van der Waals surface area (Å²) in [5, 5.41) is 14.1. The van der Waals surface area contributed by atoms with Gasteiger partial charge in [-0.25, -0.2) is 4.79 Å². The Morgan fingerprint density at radius 1 is 1.35 bits per heavy atom. The van der Waals surface area contributed by atoms with E-state index in [0.29, 0.717) is 24.3 Å². The third kappa shape index (κ3) is 2.73. The van der Waals surface area contributed by atoms with E-state index < -0.39 is 11.5 Å². The Bertz CT molecular complexity index is 527. The monoisotopic (exact) mass is 295 g/mol. The van der Waals surface area contributed by atoms with Gasteiger partial charge < -0.3 is 10.4 Å². The van der Waals surface area contributed by atoms with Crippen molar-refractivity contribution in [3.63, 3.8) is 0 Å². The summed E-state index contributed by atoms with van der Waals surface area (Å²) in [4.78, 5) is 25.1. The third-order valence-electron chi connectivity index (χ3n) is 4.42. The molecule has 0 radical (unpaired) electrons. The summed E-state index contributed by atoms with van der Waals surface area (Å²) in [5.41, 5.74) is 0.454. The van der Waals surface area contributed by atoms with Gasteiger partial charge in [0.2, 0.25) is 0 Å². The molecule has 1 fully saturated rings. The van der Waals surface area contributed by atoms with Crippen LogP contribution < -0.4 is 5.32 Å². The van der Waals surface area contributed by atoms with E-state index in [9.17, 15) is 14.7 Å². The fourth-order valence-corrected chi connectivity index (χ4v) is 3.53. The molecule has 1 saturated carbocycles. The van der Waals surface area contributed by atoms with E-state index in [0.717, 1.165) is 23.3 Å². The van der Waals surface area contributed by atoms with Crippen LogP contribution in [0.15, 0.2) is 5.38 Å². The molecule has 0 bridgehead atoms. The number of carbonyl (C=O) groups excluding carboxylic acids is 1. The Balaban J connectivity index is 2.19. The van der Waals surface area contributed by atoms with E-state index >= 15 is 0 Å². The van der Waals surface area contributed by atoms with Crippen LogP contribution in [0.25, 0.3) is 0 Å². The van der Waals surface area contributed by atoms with Crippen molar-refractivity contribution in [1.29, 1.82) is 0 Å². The van der Waals surface area contributed by atoms with Crippen LogP contribution in [-0.4, -0.2) is 22.5 Å². The second kappa shape index (κ2) is 5.56. The summed E-state index contributed by atoms with van der Waals surface area (Å²) < 4.78 is 0. The molecule has 1 aliphatic carbocycles. The molecule has 0 unspecified atom stereocenters. The van der Waals surface area contributed by atoms with E-state index in [-0.39, 0.29) is 5.91 Å². The molecule has 1 heterocycles. The average Bonchev–Trinajstić information content (AvgIpc) is 2.73. The minimum atomic E-state index is -1.09. The molecule has 0 aliphatic heterocycles. The molecule has 2 rings (SSSR count). The first kappa shape index (κ1) is 15.0. The smallest absolute Gasteiger partial charge is 0.329 e. The van der Waals surface area contributed by atoms with Crippen LogP contribution in [0.3, 0.4) is 0 Å². The van der Waals surface area contributed by atoms with E-state index in [4.69, 9.17) is 0 Å². The Hall–Kier alpha value is -1.36. The van der Waals surface area contributed by atoms with Gasteiger partial charge in [-0.2, -0.15) is 0 Å². The van der Waals surface area contributed by atoms with Crippen LogP contribution in [-0.2, 0) is 4.79 Å². The highest BCUT2D eigenvalue weighted by Gasteiger charge is 2.42. The van der Waals surface area contributed by atoms with Gasteiger partial charge in [-0.15, -0.1) is 11.3 Å². The largest absolute Gasteiger partial charge is 0.480 e. The number of hydrogen-bond acceptors (Lipinski definition) is 3. The first-order valence-corrected chi connectivity index (χ1v) is 7.84. The van der Waals surface area contributed by atoms with Crippen molar-refractivity contribution < 1.29 is 14.7 Å². The molecule has 1 aromatic heterocycles. The van der Waals surface area contributed by atoms with Crippen molar-refractivity contribution in [1.82, 2.24) is 5.32 Å². The van der Waals surface area contributed by atoms with E-state index in [2.05, 4.69) is 12.2 Å². The zero-order chi connectivity index (χ0) is 14.9. The number of rotatable bonds is 3. The van der Waals surface area contributed by atoms with Gasteiger partial charge in [0.1, 0.15) is 5.54 Å². The molecule has 0 saturated heterocycles. The fourth-order valence-electron chi connectivity index (χ4n) is 2.67. The Labute approximate surface area is 123 Å². The first-order chi connectivity index (χ1) is 9.35.